The SMILES string of the molecule is Cc1nc(-c2cccc(NC(=O)c3c[nH]c(=O)c4ccccc34)c2)n[nH]1. The minimum Gasteiger partial charge on any atom is -0.328 e. The van der Waals surface area contributed by atoms with Crippen molar-refractivity contribution in [2.75, 3.05) is 5.32 Å². The summed E-state index contributed by atoms with van der Waals surface area (Å²) in [5.74, 6) is 0.975. The molecule has 4 aromatic rings. The van der Waals surface area contributed by atoms with Gasteiger partial charge in [0.25, 0.3) is 11.5 Å². The highest BCUT2D eigenvalue weighted by atomic mass is 16.1. The molecular formula is C19H15N5O2. The summed E-state index contributed by atoms with van der Waals surface area (Å²) in [6.45, 7) is 1.82. The van der Waals surface area contributed by atoms with Crippen molar-refractivity contribution in [2.45, 2.75) is 6.92 Å². The van der Waals surface area contributed by atoms with E-state index in [2.05, 4.69) is 25.5 Å². The number of anilines is 1. The predicted octanol–water partition coefficient (Wildman–Crippen LogP) is 2.87. The lowest BCUT2D eigenvalue weighted by atomic mass is 10.1. The first-order valence-corrected chi connectivity index (χ1v) is 8.03. The second-order valence-corrected chi connectivity index (χ2v) is 5.86. The Morgan fingerprint density at radius 1 is 1.08 bits per heavy atom. The molecule has 1 amide bonds. The van der Waals surface area contributed by atoms with Crippen molar-refractivity contribution in [3.63, 3.8) is 0 Å². The standard InChI is InChI=1S/C19H15N5O2/c1-11-21-17(24-23-11)12-5-4-6-13(9-12)22-19(26)16-10-20-18(25)15-8-3-2-7-14(15)16/h2-10H,1H3,(H,20,25)(H,22,26)(H,21,23,24). The number of carbonyl (C=O) groups is 1. The first-order chi connectivity index (χ1) is 12.6. The van der Waals surface area contributed by atoms with Gasteiger partial charge in [-0.1, -0.05) is 30.3 Å². The number of aryl methyl sites for hydroxylation is 1. The number of rotatable bonds is 3. The zero-order valence-electron chi connectivity index (χ0n) is 13.9. The van der Waals surface area contributed by atoms with Crippen molar-refractivity contribution in [2.24, 2.45) is 0 Å². The van der Waals surface area contributed by atoms with Crippen molar-refractivity contribution in [3.8, 4) is 11.4 Å². The maximum Gasteiger partial charge on any atom is 0.257 e. The van der Waals surface area contributed by atoms with Gasteiger partial charge in [-0.25, -0.2) is 4.98 Å². The van der Waals surface area contributed by atoms with Crippen LogP contribution in [0.2, 0.25) is 0 Å². The predicted molar refractivity (Wildman–Crippen MR) is 99.1 cm³/mol. The van der Waals surface area contributed by atoms with E-state index in [1.807, 2.05) is 19.1 Å². The number of hydrogen-bond donors (Lipinski definition) is 3. The Bertz CT molecular complexity index is 1180. The molecule has 0 aliphatic heterocycles. The van der Waals surface area contributed by atoms with Gasteiger partial charge in [0.2, 0.25) is 0 Å². The molecule has 0 saturated carbocycles. The number of fused-ring (bicyclic) bond motifs is 1. The molecule has 128 valence electrons. The van der Waals surface area contributed by atoms with Gasteiger partial charge in [0, 0.05) is 28.2 Å². The van der Waals surface area contributed by atoms with Crippen LogP contribution in [0.5, 0.6) is 0 Å². The van der Waals surface area contributed by atoms with E-state index in [-0.39, 0.29) is 11.5 Å². The molecule has 7 nitrogen and oxygen atoms in total. The third-order valence-corrected chi connectivity index (χ3v) is 4.03. The molecule has 0 radical (unpaired) electrons. The van der Waals surface area contributed by atoms with E-state index in [1.165, 1.54) is 6.20 Å². The van der Waals surface area contributed by atoms with Gasteiger partial charge >= 0.3 is 0 Å². The molecule has 0 bridgehead atoms. The van der Waals surface area contributed by atoms with Crippen LogP contribution in [0.3, 0.4) is 0 Å². The monoisotopic (exact) mass is 345 g/mol. The molecule has 2 heterocycles. The molecule has 0 spiro atoms. The molecular weight excluding hydrogens is 330 g/mol. The first-order valence-electron chi connectivity index (χ1n) is 8.03. The molecule has 0 fully saturated rings. The fourth-order valence-electron chi connectivity index (χ4n) is 2.80. The van der Waals surface area contributed by atoms with Gasteiger partial charge < -0.3 is 10.3 Å². The number of aromatic amines is 2. The molecule has 7 heteroatoms. The smallest absolute Gasteiger partial charge is 0.257 e. The quantitative estimate of drug-likeness (QED) is 0.531. The van der Waals surface area contributed by atoms with Crippen LogP contribution in [0.4, 0.5) is 5.69 Å². The van der Waals surface area contributed by atoms with Crippen LogP contribution >= 0.6 is 0 Å². The van der Waals surface area contributed by atoms with E-state index in [9.17, 15) is 9.59 Å². The highest BCUT2D eigenvalue weighted by Crippen LogP contribution is 2.21. The molecule has 3 N–H and O–H groups in total. The molecule has 0 atom stereocenters. The van der Waals surface area contributed by atoms with Crippen molar-refractivity contribution in [3.05, 3.63) is 76.5 Å². The Balaban J connectivity index is 1.67. The average Bonchev–Trinajstić information content (AvgIpc) is 3.09. The van der Waals surface area contributed by atoms with E-state index in [4.69, 9.17) is 0 Å². The molecule has 0 aliphatic carbocycles. The number of hydrogen-bond acceptors (Lipinski definition) is 4. The van der Waals surface area contributed by atoms with Crippen LogP contribution in [-0.4, -0.2) is 26.1 Å². The van der Waals surface area contributed by atoms with Crippen LogP contribution in [0.25, 0.3) is 22.2 Å². The Kier molecular flexibility index (Phi) is 3.81. The fraction of sp³-hybridized carbons (Fsp3) is 0.0526. The number of benzene rings is 2. The molecule has 26 heavy (non-hydrogen) atoms. The summed E-state index contributed by atoms with van der Waals surface area (Å²) < 4.78 is 0. The maximum absolute atomic E-state index is 12.7. The van der Waals surface area contributed by atoms with Crippen molar-refractivity contribution in [1.82, 2.24) is 20.2 Å². The molecule has 0 saturated heterocycles. The molecule has 4 rings (SSSR count). The number of amides is 1. The number of pyridine rings is 1. The summed E-state index contributed by atoms with van der Waals surface area (Å²) in [4.78, 5) is 31.5. The van der Waals surface area contributed by atoms with Crippen LogP contribution in [-0.2, 0) is 0 Å². The van der Waals surface area contributed by atoms with Gasteiger partial charge in [0.1, 0.15) is 5.82 Å². The lowest BCUT2D eigenvalue weighted by Gasteiger charge is -2.08. The Morgan fingerprint density at radius 2 is 1.88 bits per heavy atom. The molecule has 2 aromatic carbocycles. The van der Waals surface area contributed by atoms with Crippen molar-refractivity contribution < 1.29 is 4.79 Å². The lowest BCUT2D eigenvalue weighted by molar-refractivity contribution is 0.102. The first kappa shape index (κ1) is 15.8. The number of H-pyrrole nitrogens is 2. The third-order valence-electron chi connectivity index (χ3n) is 4.03. The van der Waals surface area contributed by atoms with Crippen molar-refractivity contribution in [1.29, 1.82) is 0 Å². The summed E-state index contributed by atoms with van der Waals surface area (Å²) in [5.41, 5.74) is 1.59. The molecule has 2 aromatic heterocycles. The number of nitrogens with one attached hydrogen (secondary N) is 3. The lowest BCUT2D eigenvalue weighted by Crippen LogP contribution is -2.16. The highest BCUT2D eigenvalue weighted by Gasteiger charge is 2.13. The fourth-order valence-corrected chi connectivity index (χ4v) is 2.80. The van der Waals surface area contributed by atoms with Gasteiger partial charge in [-0.2, -0.15) is 5.10 Å². The van der Waals surface area contributed by atoms with Crippen molar-refractivity contribution >= 4 is 22.4 Å². The highest BCUT2D eigenvalue weighted by molar-refractivity contribution is 6.12. The number of carbonyl (C=O) groups excluding carboxylic acids is 1. The maximum atomic E-state index is 12.7. The number of aromatic nitrogens is 4. The van der Waals surface area contributed by atoms with E-state index < -0.39 is 0 Å². The van der Waals surface area contributed by atoms with E-state index in [1.54, 1.807) is 36.4 Å². The summed E-state index contributed by atoms with van der Waals surface area (Å²) in [5, 5.41) is 10.9. The minimum atomic E-state index is -0.305. The average molecular weight is 345 g/mol. The van der Waals surface area contributed by atoms with Crippen LogP contribution < -0.4 is 10.9 Å². The van der Waals surface area contributed by atoms with Crippen LogP contribution in [0, 0.1) is 6.92 Å². The van der Waals surface area contributed by atoms with Gasteiger partial charge in [0.15, 0.2) is 5.82 Å². The van der Waals surface area contributed by atoms with E-state index >= 15 is 0 Å². The van der Waals surface area contributed by atoms with Gasteiger partial charge in [-0.3, -0.25) is 14.7 Å². The second-order valence-electron chi connectivity index (χ2n) is 5.86. The van der Waals surface area contributed by atoms with Crippen LogP contribution in [0.1, 0.15) is 16.2 Å². The summed E-state index contributed by atoms with van der Waals surface area (Å²) in [6, 6.07) is 14.3. The zero-order chi connectivity index (χ0) is 18.1. The number of nitrogens with zero attached hydrogens (tertiary/aromatic N) is 2. The topological polar surface area (TPSA) is 104 Å². The second kappa shape index (κ2) is 6.29. The largest absolute Gasteiger partial charge is 0.328 e. The minimum absolute atomic E-state index is 0.223. The van der Waals surface area contributed by atoms with Crippen LogP contribution in [0.15, 0.2) is 59.5 Å². The Morgan fingerprint density at radius 3 is 2.65 bits per heavy atom. The Hall–Kier alpha value is -3.74. The summed E-state index contributed by atoms with van der Waals surface area (Å²) >= 11 is 0. The van der Waals surface area contributed by atoms with Gasteiger partial charge in [-0.05, 0) is 25.1 Å². The molecule has 0 aliphatic rings. The normalized spacial score (nSPS) is 10.8. The summed E-state index contributed by atoms with van der Waals surface area (Å²) in [6.07, 6.45) is 1.43. The zero-order valence-corrected chi connectivity index (χ0v) is 13.9. The summed E-state index contributed by atoms with van der Waals surface area (Å²) in [7, 11) is 0. The third kappa shape index (κ3) is 2.86. The van der Waals surface area contributed by atoms with E-state index in [0.717, 1.165) is 5.56 Å². The molecule has 0 unspecified atom stereocenters. The van der Waals surface area contributed by atoms with E-state index in [0.29, 0.717) is 33.7 Å². The Labute approximate surface area is 148 Å². The van der Waals surface area contributed by atoms with Gasteiger partial charge in [0.05, 0.1) is 5.56 Å². The van der Waals surface area contributed by atoms with Gasteiger partial charge in [-0.15, -0.1) is 0 Å².